The summed E-state index contributed by atoms with van der Waals surface area (Å²) >= 11 is 0. The number of fused-ring (bicyclic) bond motifs is 1. The van der Waals surface area contributed by atoms with E-state index < -0.39 is 0 Å². The van der Waals surface area contributed by atoms with Crippen LogP contribution in [0.1, 0.15) is 12.8 Å². The zero-order valence-corrected chi connectivity index (χ0v) is 7.14. The van der Waals surface area contributed by atoms with E-state index in [1.54, 1.807) is 0 Å². The Balaban J connectivity index is 1.98. The van der Waals surface area contributed by atoms with E-state index in [1.807, 2.05) is 0 Å². The van der Waals surface area contributed by atoms with Crippen molar-refractivity contribution in [1.29, 1.82) is 0 Å². The van der Waals surface area contributed by atoms with Crippen LogP contribution in [0.2, 0.25) is 0 Å². The van der Waals surface area contributed by atoms with Gasteiger partial charge in [0.25, 0.3) is 0 Å². The Morgan fingerprint density at radius 3 is 3.18 bits per heavy atom. The van der Waals surface area contributed by atoms with E-state index >= 15 is 0 Å². The molecule has 0 aromatic rings. The van der Waals surface area contributed by atoms with Crippen LogP contribution in [0.25, 0.3) is 0 Å². The van der Waals surface area contributed by atoms with E-state index in [0.29, 0.717) is 6.17 Å². The molecule has 0 radical (unpaired) electrons. The average molecular weight is 155 g/mol. The summed E-state index contributed by atoms with van der Waals surface area (Å²) < 4.78 is 0. The Hall–Kier alpha value is -0.120. The van der Waals surface area contributed by atoms with Crippen LogP contribution < -0.4 is 10.6 Å². The van der Waals surface area contributed by atoms with Gasteiger partial charge < -0.3 is 10.6 Å². The lowest BCUT2D eigenvalue weighted by Gasteiger charge is -2.34. The van der Waals surface area contributed by atoms with Crippen LogP contribution >= 0.6 is 0 Å². The van der Waals surface area contributed by atoms with Crippen LogP contribution in [0.3, 0.4) is 0 Å². The second-order valence-electron chi connectivity index (χ2n) is 3.48. The molecule has 0 spiro atoms. The monoisotopic (exact) mass is 155 g/mol. The van der Waals surface area contributed by atoms with Gasteiger partial charge in [0.05, 0.1) is 6.17 Å². The summed E-state index contributed by atoms with van der Waals surface area (Å²) in [6.07, 6.45) is 3.34. The second kappa shape index (κ2) is 3.09. The molecule has 0 amide bonds. The van der Waals surface area contributed by atoms with Gasteiger partial charge >= 0.3 is 0 Å². The molecule has 3 nitrogen and oxygen atoms in total. The van der Waals surface area contributed by atoms with Crippen LogP contribution in [-0.4, -0.2) is 43.8 Å². The van der Waals surface area contributed by atoms with E-state index in [1.165, 1.54) is 25.9 Å². The summed E-state index contributed by atoms with van der Waals surface area (Å²) in [5.41, 5.74) is 0. The van der Waals surface area contributed by atoms with Crippen molar-refractivity contribution in [3.63, 3.8) is 0 Å². The molecule has 0 aliphatic carbocycles. The largest absolute Gasteiger partial charge is 0.314 e. The highest BCUT2D eigenvalue weighted by Gasteiger charge is 2.33. The van der Waals surface area contributed by atoms with Crippen LogP contribution in [0.4, 0.5) is 0 Å². The highest BCUT2D eigenvalue weighted by molar-refractivity contribution is 4.89. The average Bonchev–Trinajstić information content (AvgIpc) is 2.47. The molecule has 2 unspecified atom stereocenters. The number of hydrogen-bond donors (Lipinski definition) is 2. The minimum Gasteiger partial charge on any atom is -0.314 e. The third kappa shape index (κ3) is 1.28. The topological polar surface area (TPSA) is 27.3 Å². The molecule has 2 aliphatic rings. The summed E-state index contributed by atoms with van der Waals surface area (Å²) in [7, 11) is 2.06. The van der Waals surface area contributed by atoms with Crippen molar-refractivity contribution in [2.75, 3.05) is 26.7 Å². The predicted molar refractivity (Wildman–Crippen MR) is 45.4 cm³/mol. The quantitative estimate of drug-likeness (QED) is 0.539. The van der Waals surface area contributed by atoms with Crippen molar-refractivity contribution in [2.45, 2.75) is 25.0 Å². The first kappa shape index (κ1) is 7.53. The Morgan fingerprint density at radius 1 is 1.45 bits per heavy atom. The fourth-order valence-electron chi connectivity index (χ4n) is 2.28. The molecule has 2 fully saturated rings. The number of piperazine rings is 1. The van der Waals surface area contributed by atoms with Gasteiger partial charge in [0.15, 0.2) is 0 Å². The molecule has 2 atom stereocenters. The van der Waals surface area contributed by atoms with E-state index in [2.05, 4.69) is 22.6 Å². The summed E-state index contributed by atoms with van der Waals surface area (Å²) in [5, 5.41) is 6.79. The number of nitrogens with one attached hydrogen (secondary N) is 2. The van der Waals surface area contributed by atoms with Gasteiger partial charge in [-0.3, -0.25) is 4.90 Å². The Kier molecular flexibility index (Phi) is 2.11. The summed E-state index contributed by atoms with van der Waals surface area (Å²) in [6, 6.07) is 0.807. The molecule has 2 rings (SSSR count). The third-order valence-corrected chi connectivity index (χ3v) is 2.90. The van der Waals surface area contributed by atoms with Crippen molar-refractivity contribution >= 4 is 0 Å². The number of nitrogens with zero attached hydrogens (tertiary/aromatic N) is 1. The highest BCUT2D eigenvalue weighted by atomic mass is 15.3. The fraction of sp³-hybridized carbons (Fsp3) is 1.00. The smallest absolute Gasteiger partial charge is 0.0598 e. The van der Waals surface area contributed by atoms with Crippen molar-refractivity contribution in [3.8, 4) is 0 Å². The maximum absolute atomic E-state index is 3.43. The lowest BCUT2D eigenvalue weighted by molar-refractivity contribution is 0.146. The minimum absolute atomic E-state index is 0.655. The molecule has 64 valence electrons. The van der Waals surface area contributed by atoms with Crippen LogP contribution in [0, 0.1) is 0 Å². The molecule has 2 heterocycles. The molecular formula is C8H17N3. The lowest BCUT2D eigenvalue weighted by atomic mass is 10.2. The summed E-state index contributed by atoms with van der Waals surface area (Å²) in [5.74, 6) is 0. The zero-order valence-electron chi connectivity index (χ0n) is 7.14. The summed E-state index contributed by atoms with van der Waals surface area (Å²) in [4.78, 5) is 2.59. The van der Waals surface area contributed by atoms with Gasteiger partial charge in [-0.15, -0.1) is 0 Å². The number of hydrogen-bond acceptors (Lipinski definition) is 3. The molecular weight excluding hydrogens is 138 g/mol. The first-order valence-electron chi connectivity index (χ1n) is 4.55. The third-order valence-electron chi connectivity index (χ3n) is 2.90. The van der Waals surface area contributed by atoms with Gasteiger partial charge in [0, 0.05) is 25.7 Å². The predicted octanol–water partition coefficient (Wildman–Crippen LogP) is -0.400. The molecule has 2 aliphatic heterocycles. The molecule has 0 bridgehead atoms. The van der Waals surface area contributed by atoms with Gasteiger partial charge in [-0.1, -0.05) is 0 Å². The minimum atomic E-state index is 0.655. The van der Waals surface area contributed by atoms with Gasteiger partial charge in [-0.25, -0.2) is 0 Å². The number of rotatable bonds is 1. The molecule has 0 aromatic carbocycles. The molecule has 0 aromatic heterocycles. The van der Waals surface area contributed by atoms with Crippen LogP contribution in [0.15, 0.2) is 0 Å². The molecule has 3 heteroatoms. The first-order chi connectivity index (χ1) is 5.42. The fourth-order valence-corrected chi connectivity index (χ4v) is 2.28. The van der Waals surface area contributed by atoms with E-state index in [0.717, 1.165) is 12.6 Å². The van der Waals surface area contributed by atoms with Crippen LogP contribution in [0.5, 0.6) is 0 Å². The lowest BCUT2D eigenvalue weighted by Crippen LogP contribution is -2.53. The van der Waals surface area contributed by atoms with Gasteiger partial charge in [0.1, 0.15) is 0 Å². The van der Waals surface area contributed by atoms with Gasteiger partial charge in [0.2, 0.25) is 0 Å². The first-order valence-corrected chi connectivity index (χ1v) is 4.55. The summed E-state index contributed by atoms with van der Waals surface area (Å²) in [6.45, 7) is 3.57. The molecule has 11 heavy (non-hydrogen) atoms. The second-order valence-corrected chi connectivity index (χ2v) is 3.48. The van der Waals surface area contributed by atoms with Gasteiger partial charge in [-0.2, -0.15) is 0 Å². The Bertz CT molecular complexity index is 131. The highest BCUT2D eigenvalue weighted by Crippen LogP contribution is 2.22. The Labute approximate surface area is 68.1 Å². The van der Waals surface area contributed by atoms with Crippen molar-refractivity contribution in [1.82, 2.24) is 15.5 Å². The Morgan fingerprint density at radius 2 is 2.36 bits per heavy atom. The molecule has 0 saturated carbocycles. The van der Waals surface area contributed by atoms with Crippen molar-refractivity contribution in [2.24, 2.45) is 0 Å². The van der Waals surface area contributed by atoms with Crippen molar-refractivity contribution in [3.05, 3.63) is 0 Å². The zero-order chi connectivity index (χ0) is 7.68. The maximum Gasteiger partial charge on any atom is 0.0598 e. The van der Waals surface area contributed by atoms with E-state index in [4.69, 9.17) is 0 Å². The SMILES string of the molecule is CNC1CCC2CNCCN21. The molecule has 2 N–H and O–H groups in total. The van der Waals surface area contributed by atoms with Crippen LogP contribution in [-0.2, 0) is 0 Å². The van der Waals surface area contributed by atoms with E-state index in [-0.39, 0.29) is 0 Å². The van der Waals surface area contributed by atoms with Gasteiger partial charge in [-0.05, 0) is 19.9 Å². The van der Waals surface area contributed by atoms with Crippen molar-refractivity contribution < 1.29 is 0 Å². The normalized spacial score (nSPS) is 39.0. The van der Waals surface area contributed by atoms with E-state index in [9.17, 15) is 0 Å². The molecule has 2 saturated heterocycles. The maximum atomic E-state index is 3.43. The standard InChI is InChI=1S/C8H17N3/c1-9-8-3-2-7-6-10-4-5-11(7)8/h7-10H,2-6H2,1H3.